The minimum absolute atomic E-state index is 0.0168. The Bertz CT molecular complexity index is 181. The van der Waals surface area contributed by atoms with Crippen LogP contribution in [-0.4, -0.2) is 31.6 Å². The van der Waals surface area contributed by atoms with Gasteiger partial charge in [0.15, 0.2) is 5.78 Å². The van der Waals surface area contributed by atoms with Gasteiger partial charge in [0.2, 0.25) is 0 Å². The molecule has 1 saturated heterocycles. The topological polar surface area (TPSA) is 38.3 Å². The number of morpholine rings is 1. The summed E-state index contributed by atoms with van der Waals surface area (Å²) in [5, 5.41) is 3.22. The Morgan fingerprint density at radius 3 is 2.69 bits per heavy atom. The van der Waals surface area contributed by atoms with Gasteiger partial charge in [-0.15, -0.1) is 0 Å². The first-order valence-electron chi connectivity index (χ1n) is 5.23. The highest BCUT2D eigenvalue weighted by molar-refractivity contribution is 5.86. The summed E-state index contributed by atoms with van der Waals surface area (Å²) in [6.45, 7) is 2.15. The largest absolute Gasteiger partial charge is 0.378 e. The quantitative estimate of drug-likeness (QED) is 0.686. The fourth-order valence-corrected chi connectivity index (χ4v) is 2.24. The maximum absolute atomic E-state index is 11.9. The first-order valence-corrected chi connectivity index (χ1v) is 5.23. The lowest BCUT2D eigenvalue weighted by Crippen LogP contribution is -2.48. The van der Waals surface area contributed by atoms with Crippen molar-refractivity contribution < 1.29 is 9.53 Å². The highest BCUT2D eigenvalue weighted by atomic mass is 16.5. The van der Waals surface area contributed by atoms with E-state index in [0.717, 1.165) is 26.0 Å². The lowest BCUT2D eigenvalue weighted by Gasteiger charge is -2.24. The summed E-state index contributed by atoms with van der Waals surface area (Å²) in [6, 6.07) is -0.0168. The molecule has 0 aromatic rings. The number of Topliss-reactive ketones (excluding diaryl/α,β-unsaturated/α-hetero) is 1. The standard InChI is InChI=1S/C10H17NO2/c12-10(8-3-1-2-4-8)9-7-13-6-5-11-9/h8-9,11H,1-7H2. The lowest BCUT2D eigenvalue weighted by atomic mass is 9.96. The van der Waals surface area contributed by atoms with Gasteiger partial charge in [0.05, 0.1) is 19.3 Å². The van der Waals surface area contributed by atoms with Crippen LogP contribution >= 0.6 is 0 Å². The Morgan fingerprint density at radius 2 is 2.08 bits per heavy atom. The average Bonchev–Trinajstić information content (AvgIpc) is 2.71. The maximum atomic E-state index is 11.9. The zero-order chi connectivity index (χ0) is 9.10. The summed E-state index contributed by atoms with van der Waals surface area (Å²) in [4.78, 5) is 11.9. The van der Waals surface area contributed by atoms with Gasteiger partial charge in [-0.3, -0.25) is 4.79 Å². The van der Waals surface area contributed by atoms with Crippen LogP contribution in [0.1, 0.15) is 25.7 Å². The van der Waals surface area contributed by atoms with Gasteiger partial charge in [0, 0.05) is 12.5 Å². The summed E-state index contributed by atoms with van der Waals surface area (Å²) in [5.74, 6) is 0.705. The molecule has 2 aliphatic rings. The van der Waals surface area contributed by atoms with E-state index in [9.17, 15) is 4.79 Å². The third-order valence-electron chi connectivity index (χ3n) is 3.02. The first kappa shape index (κ1) is 9.16. The van der Waals surface area contributed by atoms with E-state index >= 15 is 0 Å². The van der Waals surface area contributed by atoms with Crippen LogP contribution in [0.4, 0.5) is 0 Å². The van der Waals surface area contributed by atoms with Crippen molar-refractivity contribution in [2.24, 2.45) is 5.92 Å². The smallest absolute Gasteiger partial charge is 0.155 e. The molecule has 2 rings (SSSR count). The second-order valence-electron chi connectivity index (χ2n) is 3.97. The van der Waals surface area contributed by atoms with Gasteiger partial charge in [-0.25, -0.2) is 0 Å². The molecule has 1 aliphatic carbocycles. The van der Waals surface area contributed by atoms with Crippen LogP contribution in [0.15, 0.2) is 0 Å². The van der Waals surface area contributed by atoms with Crippen molar-refractivity contribution in [1.82, 2.24) is 5.32 Å². The Labute approximate surface area is 78.8 Å². The van der Waals surface area contributed by atoms with Gasteiger partial charge < -0.3 is 10.1 Å². The fraction of sp³-hybridized carbons (Fsp3) is 0.900. The summed E-state index contributed by atoms with van der Waals surface area (Å²) in [7, 11) is 0. The number of carbonyl (C=O) groups is 1. The van der Waals surface area contributed by atoms with Crippen LogP contribution in [-0.2, 0) is 9.53 Å². The monoisotopic (exact) mass is 183 g/mol. The molecule has 0 aromatic heterocycles. The second kappa shape index (κ2) is 4.20. The molecule has 1 saturated carbocycles. The molecule has 0 spiro atoms. The van der Waals surface area contributed by atoms with E-state index in [2.05, 4.69) is 5.32 Å². The van der Waals surface area contributed by atoms with E-state index in [1.165, 1.54) is 12.8 Å². The number of ketones is 1. The Kier molecular flexibility index (Phi) is 2.96. The number of carbonyl (C=O) groups excluding carboxylic acids is 1. The molecule has 74 valence electrons. The van der Waals surface area contributed by atoms with Crippen LogP contribution in [0.25, 0.3) is 0 Å². The van der Waals surface area contributed by atoms with Gasteiger partial charge in [0.1, 0.15) is 0 Å². The summed E-state index contributed by atoms with van der Waals surface area (Å²) in [6.07, 6.45) is 4.64. The number of hydrogen-bond donors (Lipinski definition) is 1. The Hall–Kier alpha value is -0.410. The van der Waals surface area contributed by atoms with Crippen molar-refractivity contribution in [3.63, 3.8) is 0 Å². The van der Waals surface area contributed by atoms with E-state index in [1.807, 2.05) is 0 Å². The second-order valence-corrected chi connectivity index (χ2v) is 3.97. The molecule has 0 amide bonds. The zero-order valence-corrected chi connectivity index (χ0v) is 7.92. The predicted octanol–water partition coefficient (Wildman–Crippen LogP) is 0.734. The molecular formula is C10H17NO2. The van der Waals surface area contributed by atoms with E-state index < -0.39 is 0 Å². The van der Waals surface area contributed by atoms with Crippen molar-refractivity contribution in [1.29, 1.82) is 0 Å². The molecule has 1 N–H and O–H groups in total. The highest BCUT2D eigenvalue weighted by Crippen LogP contribution is 2.26. The molecule has 3 heteroatoms. The Balaban J connectivity index is 1.87. The molecule has 3 nitrogen and oxygen atoms in total. The Morgan fingerprint density at radius 1 is 1.31 bits per heavy atom. The van der Waals surface area contributed by atoms with Gasteiger partial charge in [-0.2, -0.15) is 0 Å². The van der Waals surface area contributed by atoms with Gasteiger partial charge in [0.25, 0.3) is 0 Å². The maximum Gasteiger partial charge on any atom is 0.155 e. The number of rotatable bonds is 2. The van der Waals surface area contributed by atoms with E-state index in [0.29, 0.717) is 18.3 Å². The molecule has 1 atom stereocenters. The summed E-state index contributed by atoms with van der Waals surface area (Å²) in [5.41, 5.74) is 0. The van der Waals surface area contributed by atoms with Gasteiger partial charge in [-0.05, 0) is 12.8 Å². The van der Waals surface area contributed by atoms with Crippen molar-refractivity contribution in [2.45, 2.75) is 31.7 Å². The lowest BCUT2D eigenvalue weighted by molar-refractivity contribution is -0.127. The van der Waals surface area contributed by atoms with Crippen LogP contribution in [0, 0.1) is 5.92 Å². The van der Waals surface area contributed by atoms with Crippen molar-refractivity contribution >= 4 is 5.78 Å². The van der Waals surface area contributed by atoms with Crippen LogP contribution < -0.4 is 5.32 Å². The van der Waals surface area contributed by atoms with Crippen LogP contribution in [0.2, 0.25) is 0 Å². The molecule has 1 aliphatic heterocycles. The van der Waals surface area contributed by atoms with Crippen LogP contribution in [0.5, 0.6) is 0 Å². The van der Waals surface area contributed by atoms with E-state index in [1.54, 1.807) is 0 Å². The van der Waals surface area contributed by atoms with Gasteiger partial charge >= 0.3 is 0 Å². The third kappa shape index (κ3) is 2.09. The fourth-order valence-electron chi connectivity index (χ4n) is 2.24. The highest BCUT2D eigenvalue weighted by Gasteiger charge is 2.30. The molecule has 1 unspecified atom stereocenters. The predicted molar refractivity (Wildman–Crippen MR) is 49.6 cm³/mol. The number of nitrogens with one attached hydrogen (secondary N) is 1. The zero-order valence-electron chi connectivity index (χ0n) is 7.92. The molecule has 2 fully saturated rings. The van der Waals surface area contributed by atoms with Crippen molar-refractivity contribution in [2.75, 3.05) is 19.8 Å². The van der Waals surface area contributed by atoms with E-state index in [-0.39, 0.29) is 6.04 Å². The normalized spacial score (nSPS) is 30.6. The molecular weight excluding hydrogens is 166 g/mol. The average molecular weight is 183 g/mol. The minimum Gasteiger partial charge on any atom is -0.378 e. The third-order valence-corrected chi connectivity index (χ3v) is 3.02. The summed E-state index contributed by atoms with van der Waals surface area (Å²) < 4.78 is 5.28. The molecule has 1 heterocycles. The van der Waals surface area contributed by atoms with E-state index in [4.69, 9.17) is 4.74 Å². The first-order chi connectivity index (χ1) is 6.38. The van der Waals surface area contributed by atoms with Crippen molar-refractivity contribution in [3.8, 4) is 0 Å². The minimum atomic E-state index is -0.0168. The number of hydrogen-bond acceptors (Lipinski definition) is 3. The molecule has 0 radical (unpaired) electrons. The van der Waals surface area contributed by atoms with Crippen LogP contribution in [0.3, 0.4) is 0 Å². The molecule has 13 heavy (non-hydrogen) atoms. The molecule has 0 bridgehead atoms. The molecule has 0 aromatic carbocycles. The summed E-state index contributed by atoms with van der Waals surface area (Å²) >= 11 is 0. The number of ether oxygens (including phenoxy) is 1. The van der Waals surface area contributed by atoms with Gasteiger partial charge in [-0.1, -0.05) is 12.8 Å². The van der Waals surface area contributed by atoms with Crippen molar-refractivity contribution in [3.05, 3.63) is 0 Å². The SMILES string of the molecule is O=C(C1CCCC1)C1COCCN1.